The molecule has 84 valence electrons. The van der Waals surface area contributed by atoms with Crippen molar-refractivity contribution in [2.75, 3.05) is 5.32 Å². The molecule has 2 rings (SSSR count). The summed E-state index contributed by atoms with van der Waals surface area (Å²) < 4.78 is 0. The standard InChI is InChI=1S/C11H11ClN2OS/c12-10-2-1-8(5-15)3-11(10)13-4-9-6-16-7-14-9/h1-3,6-7,13,15H,4-5H2. The molecule has 2 N–H and O–H groups in total. The highest BCUT2D eigenvalue weighted by Crippen LogP contribution is 2.23. The molecule has 2 aromatic rings. The van der Waals surface area contributed by atoms with E-state index in [2.05, 4.69) is 10.3 Å². The number of aromatic nitrogens is 1. The SMILES string of the molecule is OCc1ccc(Cl)c(NCc2cscn2)c1. The maximum Gasteiger partial charge on any atom is 0.0795 e. The van der Waals surface area contributed by atoms with Crippen LogP contribution in [0, 0.1) is 0 Å². The van der Waals surface area contributed by atoms with Crippen LogP contribution in [0.15, 0.2) is 29.1 Å². The van der Waals surface area contributed by atoms with Crippen molar-refractivity contribution >= 4 is 28.6 Å². The third-order valence-corrected chi connectivity index (χ3v) is 3.12. The highest BCUT2D eigenvalue weighted by atomic mass is 35.5. The summed E-state index contributed by atoms with van der Waals surface area (Å²) in [6.07, 6.45) is 0. The number of rotatable bonds is 4. The van der Waals surface area contributed by atoms with Gasteiger partial charge in [0.15, 0.2) is 0 Å². The van der Waals surface area contributed by atoms with Gasteiger partial charge < -0.3 is 10.4 Å². The Morgan fingerprint density at radius 2 is 2.31 bits per heavy atom. The lowest BCUT2D eigenvalue weighted by Crippen LogP contribution is -2.00. The summed E-state index contributed by atoms with van der Waals surface area (Å²) >= 11 is 7.59. The molecule has 0 spiro atoms. The number of aliphatic hydroxyl groups is 1. The predicted molar refractivity (Wildman–Crippen MR) is 66.8 cm³/mol. The second-order valence-corrected chi connectivity index (χ2v) is 4.43. The van der Waals surface area contributed by atoms with Crippen molar-refractivity contribution in [1.82, 2.24) is 4.98 Å². The number of nitrogens with one attached hydrogen (secondary N) is 1. The van der Waals surface area contributed by atoms with Crippen molar-refractivity contribution in [2.24, 2.45) is 0 Å². The van der Waals surface area contributed by atoms with Gasteiger partial charge in [0.05, 0.1) is 35.1 Å². The number of thiazole rings is 1. The van der Waals surface area contributed by atoms with Gasteiger partial charge in [0, 0.05) is 5.38 Å². The van der Waals surface area contributed by atoms with Gasteiger partial charge in [-0.2, -0.15) is 0 Å². The first-order chi connectivity index (χ1) is 7.79. The largest absolute Gasteiger partial charge is 0.392 e. The normalized spacial score (nSPS) is 10.4. The van der Waals surface area contributed by atoms with Crippen molar-refractivity contribution in [3.05, 3.63) is 45.4 Å². The zero-order valence-corrected chi connectivity index (χ0v) is 10.1. The number of nitrogens with zero attached hydrogens (tertiary/aromatic N) is 1. The molecule has 0 radical (unpaired) electrons. The molecule has 1 heterocycles. The number of anilines is 1. The van der Waals surface area contributed by atoms with Crippen molar-refractivity contribution in [2.45, 2.75) is 13.2 Å². The Kier molecular flexibility index (Phi) is 3.77. The molecule has 0 aliphatic carbocycles. The van der Waals surface area contributed by atoms with E-state index in [-0.39, 0.29) is 6.61 Å². The molecule has 0 atom stereocenters. The molecule has 3 nitrogen and oxygen atoms in total. The van der Waals surface area contributed by atoms with Gasteiger partial charge >= 0.3 is 0 Å². The molecule has 16 heavy (non-hydrogen) atoms. The lowest BCUT2D eigenvalue weighted by atomic mass is 10.2. The minimum absolute atomic E-state index is 0.0164. The minimum atomic E-state index is 0.0164. The summed E-state index contributed by atoms with van der Waals surface area (Å²) in [4.78, 5) is 4.17. The highest BCUT2D eigenvalue weighted by molar-refractivity contribution is 7.07. The van der Waals surface area contributed by atoms with E-state index in [1.54, 1.807) is 29.0 Å². The van der Waals surface area contributed by atoms with E-state index in [0.29, 0.717) is 11.6 Å². The zero-order chi connectivity index (χ0) is 11.4. The average Bonchev–Trinajstić information content (AvgIpc) is 2.81. The number of benzene rings is 1. The third kappa shape index (κ3) is 2.72. The lowest BCUT2D eigenvalue weighted by Gasteiger charge is -2.08. The van der Waals surface area contributed by atoms with Gasteiger partial charge in [-0.05, 0) is 17.7 Å². The second kappa shape index (κ2) is 5.30. The fraction of sp³-hybridized carbons (Fsp3) is 0.182. The van der Waals surface area contributed by atoms with E-state index in [4.69, 9.17) is 16.7 Å². The third-order valence-electron chi connectivity index (χ3n) is 2.16. The van der Waals surface area contributed by atoms with Crippen LogP contribution in [0.5, 0.6) is 0 Å². The Bertz CT molecular complexity index is 459. The molecule has 0 aliphatic heterocycles. The monoisotopic (exact) mass is 254 g/mol. The second-order valence-electron chi connectivity index (χ2n) is 3.31. The van der Waals surface area contributed by atoms with Crippen LogP contribution in [0.2, 0.25) is 5.02 Å². The van der Waals surface area contributed by atoms with Gasteiger partial charge in [-0.15, -0.1) is 11.3 Å². The van der Waals surface area contributed by atoms with Crippen molar-refractivity contribution < 1.29 is 5.11 Å². The number of hydrogen-bond donors (Lipinski definition) is 2. The molecule has 0 fully saturated rings. The van der Waals surface area contributed by atoms with Crippen LogP contribution in [0.3, 0.4) is 0 Å². The van der Waals surface area contributed by atoms with Crippen LogP contribution in [-0.4, -0.2) is 10.1 Å². The maximum atomic E-state index is 9.02. The smallest absolute Gasteiger partial charge is 0.0795 e. The fourth-order valence-corrected chi connectivity index (χ4v) is 2.06. The molecule has 1 aromatic carbocycles. The number of halogens is 1. The van der Waals surface area contributed by atoms with E-state index >= 15 is 0 Å². The van der Waals surface area contributed by atoms with Crippen molar-refractivity contribution in [3.63, 3.8) is 0 Å². The van der Waals surface area contributed by atoms with Gasteiger partial charge in [0.2, 0.25) is 0 Å². The first-order valence-corrected chi connectivity index (χ1v) is 6.12. The van der Waals surface area contributed by atoms with Crippen LogP contribution in [0.4, 0.5) is 5.69 Å². The molecular weight excluding hydrogens is 244 g/mol. The Morgan fingerprint density at radius 1 is 1.44 bits per heavy atom. The molecule has 0 unspecified atom stereocenters. The summed E-state index contributed by atoms with van der Waals surface area (Å²) in [7, 11) is 0. The minimum Gasteiger partial charge on any atom is -0.392 e. The van der Waals surface area contributed by atoms with Gasteiger partial charge in [-0.1, -0.05) is 17.7 Å². The van der Waals surface area contributed by atoms with E-state index in [0.717, 1.165) is 16.9 Å². The van der Waals surface area contributed by atoms with Crippen molar-refractivity contribution in [3.8, 4) is 0 Å². The average molecular weight is 255 g/mol. The molecule has 1 aromatic heterocycles. The number of aliphatic hydroxyl groups excluding tert-OH is 1. The van der Waals surface area contributed by atoms with Gasteiger partial charge in [0.25, 0.3) is 0 Å². The topological polar surface area (TPSA) is 45.1 Å². The predicted octanol–water partition coefficient (Wildman–Crippen LogP) is 2.90. The molecule has 0 amide bonds. The van der Waals surface area contributed by atoms with Gasteiger partial charge in [0.1, 0.15) is 0 Å². The van der Waals surface area contributed by atoms with E-state index < -0.39 is 0 Å². The molecule has 5 heteroatoms. The van der Waals surface area contributed by atoms with Gasteiger partial charge in [-0.3, -0.25) is 0 Å². The first-order valence-electron chi connectivity index (χ1n) is 4.80. The summed E-state index contributed by atoms with van der Waals surface area (Å²) in [5, 5.41) is 14.8. The fourth-order valence-electron chi connectivity index (χ4n) is 1.32. The van der Waals surface area contributed by atoms with Crippen LogP contribution in [0.25, 0.3) is 0 Å². The van der Waals surface area contributed by atoms with Crippen LogP contribution in [-0.2, 0) is 13.2 Å². The Hall–Kier alpha value is -1.10. The maximum absolute atomic E-state index is 9.02. The van der Waals surface area contributed by atoms with Crippen LogP contribution in [0.1, 0.15) is 11.3 Å². The van der Waals surface area contributed by atoms with E-state index in [1.807, 2.05) is 11.4 Å². The van der Waals surface area contributed by atoms with Crippen LogP contribution < -0.4 is 5.32 Å². The quantitative estimate of drug-likeness (QED) is 0.882. The summed E-state index contributed by atoms with van der Waals surface area (Å²) in [6.45, 7) is 0.653. The Balaban J connectivity index is 2.08. The summed E-state index contributed by atoms with van der Waals surface area (Å²) in [5.74, 6) is 0. The van der Waals surface area contributed by atoms with Crippen LogP contribution >= 0.6 is 22.9 Å². The number of hydrogen-bond acceptors (Lipinski definition) is 4. The molecule has 0 aliphatic rings. The van der Waals surface area contributed by atoms with Crippen molar-refractivity contribution in [1.29, 1.82) is 0 Å². The molecule has 0 bridgehead atoms. The molecule has 0 saturated heterocycles. The molecular formula is C11H11ClN2OS. The summed E-state index contributed by atoms with van der Waals surface area (Å²) in [5.41, 5.74) is 4.44. The lowest BCUT2D eigenvalue weighted by molar-refractivity contribution is 0.282. The zero-order valence-electron chi connectivity index (χ0n) is 8.48. The highest BCUT2D eigenvalue weighted by Gasteiger charge is 2.02. The Morgan fingerprint density at radius 3 is 3.00 bits per heavy atom. The van der Waals surface area contributed by atoms with E-state index in [9.17, 15) is 0 Å². The van der Waals surface area contributed by atoms with E-state index in [1.165, 1.54) is 0 Å². The Labute approximate surface area is 103 Å². The first kappa shape index (κ1) is 11.4. The van der Waals surface area contributed by atoms with Gasteiger partial charge in [-0.25, -0.2) is 4.98 Å². The summed E-state index contributed by atoms with van der Waals surface area (Å²) in [6, 6.07) is 5.42. The molecule has 0 saturated carbocycles.